The third-order valence-corrected chi connectivity index (χ3v) is 2.99. The molecule has 1 unspecified atom stereocenters. The molecule has 0 amide bonds. The Morgan fingerprint density at radius 2 is 2.47 bits per heavy atom. The van der Waals surface area contributed by atoms with Crippen molar-refractivity contribution in [2.75, 3.05) is 18.6 Å². The summed E-state index contributed by atoms with van der Waals surface area (Å²) in [6.45, 7) is 3.53. The zero-order valence-electron chi connectivity index (χ0n) is 10.1. The van der Waals surface area contributed by atoms with Gasteiger partial charge in [0.05, 0.1) is 12.7 Å². The van der Waals surface area contributed by atoms with Gasteiger partial charge in [0.1, 0.15) is 0 Å². The minimum atomic E-state index is -1.04. The largest absolute Gasteiger partial charge is 0.476 e. The number of carbonyl (C=O) groups is 1. The molecule has 17 heavy (non-hydrogen) atoms. The van der Waals surface area contributed by atoms with E-state index in [-0.39, 0.29) is 5.69 Å². The first-order chi connectivity index (χ1) is 8.13. The molecule has 1 aromatic heterocycles. The van der Waals surface area contributed by atoms with Crippen LogP contribution >= 0.6 is 11.8 Å². The Morgan fingerprint density at radius 3 is 3.06 bits per heavy atom. The quantitative estimate of drug-likeness (QED) is 0.715. The van der Waals surface area contributed by atoms with Crippen molar-refractivity contribution >= 4 is 17.7 Å². The van der Waals surface area contributed by atoms with Gasteiger partial charge in [-0.25, -0.2) is 4.79 Å². The van der Waals surface area contributed by atoms with Gasteiger partial charge >= 0.3 is 5.97 Å². The van der Waals surface area contributed by atoms with E-state index in [0.29, 0.717) is 12.6 Å². The standard InChI is InChI=1S/C10H18N4O2S/c1-8(3-6-17-2)11-4-5-14-7-9(10(15)16)12-13-14/h7-8,11H,3-6H2,1-2H3,(H,15,16). The second-order valence-corrected chi connectivity index (χ2v) is 4.79. The number of aromatic nitrogens is 3. The topological polar surface area (TPSA) is 80.0 Å². The number of hydrogen-bond acceptors (Lipinski definition) is 5. The summed E-state index contributed by atoms with van der Waals surface area (Å²) in [6.07, 6.45) is 4.66. The molecule has 0 fully saturated rings. The Morgan fingerprint density at radius 1 is 1.71 bits per heavy atom. The minimum Gasteiger partial charge on any atom is -0.476 e. The van der Waals surface area contributed by atoms with Crippen molar-refractivity contribution in [2.45, 2.75) is 25.9 Å². The van der Waals surface area contributed by atoms with Crippen LogP contribution in [0.4, 0.5) is 0 Å². The van der Waals surface area contributed by atoms with Gasteiger partial charge in [0, 0.05) is 12.6 Å². The van der Waals surface area contributed by atoms with Crippen LogP contribution in [0.2, 0.25) is 0 Å². The van der Waals surface area contributed by atoms with Crippen LogP contribution in [0.3, 0.4) is 0 Å². The first-order valence-electron chi connectivity index (χ1n) is 5.49. The fourth-order valence-corrected chi connectivity index (χ4v) is 1.92. The van der Waals surface area contributed by atoms with Crippen molar-refractivity contribution in [2.24, 2.45) is 0 Å². The Bertz CT molecular complexity index is 356. The van der Waals surface area contributed by atoms with E-state index in [2.05, 4.69) is 28.8 Å². The van der Waals surface area contributed by atoms with Crippen LogP contribution < -0.4 is 5.32 Å². The van der Waals surface area contributed by atoms with Crippen molar-refractivity contribution < 1.29 is 9.90 Å². The van der Waals surface area contributed by atoms with E-state index < -0.39 is 5.97 Å². The maximum Gasteiger partial charge on any atom is 0.358 e. The molecule has 0 saturated heterocycles. The third-order valence-electron chi connectivity index (χ3n) is 2.35. The number of rotatable bonds is 8. The summed E-state index contributed by atoms with van der Waals surface area (Å²) in [5, 5.41) is 19.3. The Hall–Kier alpha value is -1.08. The number of thioether (sulfide) groups is 1. The highest BCUT2D eigenvalue weighted by Gasteiger charge is 2.07. The molecular formula is C10H18N4O2S. The lowest BCUT2D eigenvalue weighted by Crippen LogP contribution is -2.30. The maximum absolute atomic E-state index is 10.6. The summed E-state index contributed by atoms with van der Waals surface area (Å²) in [4.78, 5) is 10.6. The minimum absolute atomic E-state index is 0.0135. The van der Waals surface area contributed by atoms with Crippen LogP contribution in [-0.4, -0.2) is 50.7 Å². The lowest BCUT2D eigenvalue weighted by atomic mass is 10.2. The molecule has 1 rings (SSSR count). The molecule has 6 nitrogen and oxygen atoms in total. The van der Waals surface area contributed by atoms with Crippen molar-refractivity contribution in [1.82, 2.24) is 20.3 Å². The van der Waals surface area contributed by atoms with Gasteiger partial charge in [-0.2, -0.15) is 11.8 Å². The number of nitrogens with one attached hydrogen (secondary N) is 1. The van der Waals surface area contributed by atoms with Crippen LogP contribution in [0.1, 0.15) is 23.8 Å². The molecule has 96 valence electrons. The van der Waals surface area contributed by atoms with Crippen molar-refractivity contribution in [1.29, 1.82) is 0 Å². The zero-order valence-corrected chi connectivity index (χ0v) is 10.9. The summed E-state index contributed by atoms with van der Waals surface area (Å²) in [5.41, 5.74) is -0.0135. The van der Waals surface area contributed by atoms with Gasteiger partial charge in [0.15, 0.2) is 5.69 Å². The first-order valence-corrected chi connectivity index (χ1v) is 6.88. The number of hydrogen-bond donors (Lipinski definition) is 2. The number of aromatic carboxylic acids is 1. The summed E-state index contributed by atoms with van der Waals surface area (Å²) in [5.74, 6) is 0.0956. The molecule has 1 atom stereocenters. The maximum atomic E-state index is 10.6. The zero-order chi connectivity index (χ0) is 12.7. The highest BCUT2D eigenvalue weighted by atomic mass is 32.2. The van der Waals surface area contributed by atoms with Crippen LogP contribution in [0.25, 0.3) is 0 Å². The molecular weight excluding hydrogens is 240 g/mol. The lowest BCUT2D eigenvalue weighted by Gasteiger charge is -2.12. The average molecular weight is 258 g/mol. The summed E-state index contributed by atoms with van der Waals surface area (Å²) >= 11 is 1.83. The van der Waals surface area contributed by atoms with E-state index in [9.17, 15) is 4.79 Å². The Balaban J connectivity index is 2.23. The normalized spacial score (nSPS) is 12.6. The van der Waals surface area contributed by atoms with E-state index in [0.717, 1.165) is 18.7 Å². The summed E-state index contributed by atoms with van der Waals surface area (Å²) in [6, 6.07) is 0.463. The number of carboxylic acid groups (broad SMARTS) is 1. The molecule has 0 aliphatic heterocycles. The lowest BCUT2D eigenvalue weighted by molar-refractivity contribution is 0.0690. The Labute approximate surface area is 105 Å². The average Bonchev–Trinajstić information content (AvgIpc) is 2.75. The number of nitrogens with zero attached hydrogens (tertiary/aromatic N) is 3. The van der Waals surface area contributed by atoms with E-state index in [1.165, 1.54) is 10.9 Å². The van der Waals surface area contributed by atoms with E-state index in [1.807, 2.05) is 11.8 Å². The molecule has 0 saturated carbocycles. The fourth-order valence-electron chi connectivity index (χ4n) is 1.33. The van der Waals surface area contributed by atoms with Gasteiger partial charge in [0.25, 0.3) is 0 Å². The molecule has 0 radical (unpaired) electrons. The second kappa shape index (κ2) is 7.29. The van der Waals surface area contributed by atoms with Crippen LogP contribution in [0.5, 0.6) is 0 Å². The third kappa shape index (κ3) is 5.18. The predicted molar refractivity (Wildman–Crippen MR) is 67.4 cm³/mol. The van der Waals surface area contributed by atoms with Crippen LogP contribution in [-0.2, 0) is 6.54 Å². The van der Waals surface area contributed by atoms with Gasteiger partial charge in [-0.3, -0.25) is 4.68 Å². The van der Waals surface area contributed by atoms with E-state index >= 15 is 0 Å². The van der Waals surface area contributed by atoms with Gasteiger partial charge in [-0.15, -0.1) is 5.10 Å². The highest BCUT2D eigenvalue weighted by molar-refractivity contribution is 7.98. The van der Waals surface area contributed by atoms with E-state index in [4.69, 9.17) is 5.11 Å². The molecule has 7 heteroatoms. The molecule has 1 heterocycles. The molecule has 0 aliphatic rings. The van der Waals surface area contributed by atoms with Gasteiger partial charge in [-0.05, 0) is 25.4 Å². The second-order valence-electron chi connectivity index (χ2n) is 3.81. The molecule has 0 bridgehead atoms. The van der Waals surface area contributed by atoms with Crippen molar-refractivity contribution in [3.63, 3.8) is 0 Å². The molecule has 2 N–H and O–H groups in total. The molecule has 0 aliphatic carbocycles. The first kappa shape index (κ1) is 14.0. The monoisotopic (exact) mass is 258 g/mol. The molecule has 0 spiro atoms. The van der Waals surface area contributed by atoms with Crippen molar-refractivity contribution in [3.8, 4) is 0 Å². The van der Waals surface area contributed by atoms with Gasteiger partial charge in [0.2, 0.25) is 0 Å². The Kier molecular flexibility index (Phi) is 5.99. The number of carboxylic acids is 1. The predicted octanol–water partition coefficient (Wildman–Crippen LogP) is 0.708. The van der Waals surface area contributed by atoms with Crippen LogP contribution in [0, 0.1) is 0 Å². The highest BCUT2D eigenvalue weighted by Crippen LogP contribution is 1.99. The fraction of sp³-hybridized carbons (Fsp3) is 0.700. The molecule has 0 aromatic carbocycles. The van der Waals surface area contributed by atoms with Gasteiger partial charge in [-0.1, -0.05) is 5.21 Å². The van der Waals surface area contributed by atoms with Crippen LogP contribution in [0.15, 0.2) is 6.20 Å². The SMILES string of the molecule is CSCCC(C)NCCn1cc(C(=O)O)nn1. The molecule has 1 aromatic rings. The van der Waals surface area contributed by atoms with Gasteiger partial charge < -0.3 is 10.4 Å². The smallest absolute Gasteiger partial charge is 0.358 e. The summed E-state index contributed by atoms with van der Waals surface area (Å²) in [7, 11) is 0. The van der Waals surface area contributed by atoms with Crippen molar-refractivity contribution in [3.05, 3.63) is 11.9 Å². The summed E-state index contributed by atoms with van der Waals surface area (Å²) < 4.78 is 1.54. The van der Waals surface area contributed by atoms with E-state index in [1.54, 1.807) is 0 Å².